The first-order valence-corrected chi connectivity index (χ1v) is 11.2. The molecule has 2 aromatic carbocycles. The van der Waals surface area contributed by atoms with Crippen molar-refractivity contribution < 1.29 is 13.2 Å². The van der Waals surface area contributed by atoms with Gasteiger partial charge in [0, 0.05) is 5.54 Å². The van der Waals surface area contributed by atoms with Crippen LogP contribution < -0.4 is 9.62 Å². The van der Waals surface area contributed by atoms with Gasteiger partial charge in [0.2, 0.25) is 15.9 Å². The minimum atomic E-state index is -3.63. The van der Waals surface area contributed by atoms with Gasteiger partial charge in [0.25, 0.3) is 0 Å². The predicted molar refractivity (Wildman–Crippen MR) is 115 cm³/mol. The van der Waals surface area contributed by atoms with Crippen molar-refractivity contribution in [1.29, 1.82) is 0 Å². The van der Waals surface area contributed by atoms with Crippen LogP contribution in [0.25, 0.3) is 0 Å². The summed E-state index contributed by atoms with van der Waals surface area (Å²) in [7, 11) is -3.63. The lowest BCUT2D eigenvalue weighted by Gasteiger charge is -2.33. The van der Waals surface area contributed by atoms with E-state index in [1.54, 1.807) is 19.1 Å². The Morgan fingerprint density at radius 3 is 2.21 bits per heavy atom. The zero-order chi connectivity index (χ0) is 21.1. The van der Waals surface area contributed by atoms with E-state index < -0.39 is 21.6 Å². The Balaban J connectivity index is 2.25. The summed E-state index contributed by atoms with van der Waals surface area (Å²) in [6.45, 7) is 9.38. The number of nitrogens with zero attached hydrogens (tertiary/aromatic N) is 1. The maximum atomic E-state index is 12.9. The highest BCUT2D eigenvalue weighted by atomic mass is 32.2. The molecule has 1 N–H and O–H groups in total. The van der Waals surface area contributed by atoms with Gasteiger partial charge in [0.05, 0.1) is 11.9 Å². The zero-order valence-corrected chi connectivity index (χ0v) is 18.3. The van der Waals surface area contributed by atoms with Crippen molar-refractivity contribution in [3.63, 3.8) is 0 Å². The third-order valence-electron chi connectivity index (χ3n) is 4.78. The first kappa shape index (κ1) is 22.0. The van der Waals surface area contributed by atoms with E-state index in [1.165, 1.54) is 4.31 Å². The number of anilines is 1. The molecule has 0 unspecified atom stereocenters. The fraction of sp³-hybridized carbons (Fsp3) is 0.409. The molecular weight excluding hydrogens is 372 g/mol. The van der Waals surface area contributed by atoms with Crippen molar-refractivity contribution in [2.24, 2.45) is 0 Å². The standard InChI is InChI=1S/C22H30N2O3S/c1-16-12-13-20(14-17(16)2)24(28(6,26)27)18(3)21(25)23-22(4,5)15-19-10-8-7-9-11-19/h7-14,18H,15H2,1-6H3,(H,23,25)/t18-/m0/s1. The lowest BCUT2D eigenvalue weighted by Crippen LogP contribution is -2.54. The summed E-state index contributed by atoms with van der Waals surface area (Å²) in [5, 5.41) is 3.01. The highest BCUT2D eigenvalue weighted by Crippen LogP contribution is 2.24. The van der Waals surface area contributed by atoms with Crippen molar-refractivity contribution in [2.75, 3.05) is 10.6 Å². The maximum Gasteiger partial charge on any atom is 0.244 e. The van der Waals surface area contributed by atoms with E-state index >= 15 is 0 Å². The van der Waals surface area contributed by atoms with Crippen LogP contribution in [0.5, 0.6) is 0 Å². The lowest BCUT2D eigenvalue weighted by molar-refractivity contribution is -0.123. The second kappa shape index (κ2) is 8.35. The average Bonchev–Trinajstić information content (AvgIpc) is 2.57. The molecular formula is C22H30N2O3S. The number of carbonyl (C=O) groups excluding carboxylic acids is 1. The van der Waals surface area contributed by atoms with Gasteiger partial charge in [0.1, 0.15) is 6.04 Å². The molecule has 0 bridgehead atoms. The molecule has 0 spiro atoms. The van der Waals surface area contributed by atoms with Crippen LogP contribution >= 0.6 is 0 Å². The van der Waals surface area contributed by atoms with Crippen LogP contribution in [-0.2, 0) is 21.2 Å². The van der Waals surface area contributed by atoms with Gasteiger partial charge in [-0.15, -0.1) is 0 Å². The normalized spacial score (nSPS) is 13.1. The van der Waals surface area contributed by atoms with Crippen LogP contribution in [-0.4, -0.2) is 32.2 Å². The molecule has 1 amide bonds. The maximum absolute atomic E-state index is 12.9. The number of benzene rings is 2. The van der Waals surface area contributed by atoms with Crippen molar-refractivity contribution in [1.82, 2.24) is 5.32 Å². The number of hydrogen-bond acceptors (Lipinski definition) is 3. The number of carbonyl (C=O) groups is 1. The molecule has 1 atom stereocenters. The number of aryl methyl sites for hydroxylation is 2. The van der Waals surface area contributed by atoms with Crippen molar-refractivity contribution in [2.45, 2.75) is 52.6 Å². The van der Waals surface area contributed by atoms with E-state index in [1.807, 2.05) is 64.1 Å². The van der Waals surface area contributed by atoms with Gasteiger partial charge < -0.3 is 5.32 Å². The molecule has 2 aromatic rings. The van der Waals surface area contributed by atoms with Gasteiger partial charge in [-0.2, -0.15) is 0 Å². The summed E-state index contributed by atoms with van der Waals surface area (Å²) in [5.74, 6) is -0.329. The van der Waals surface area contributed by atoms with E-state index in [9.17, 15) is 13.2 Å². The van der Waals surface area contributed by atoms with E-state index in [0.29, 0.717) is 12.1 Å². The van der Waals surface area contributed by atoms with Crippen LogP contribution in [0.4, 0.5) is 5.69 Å². The summed E-state index contributed by atoms with van der Waals surface area (Å²) in [6, 6.07) is 14.4. The summed E-state index contributed by atoms with van der Waals surface area (Å²) < 4.78 is 26.1. The Morgan fingerprint density at radius 1 is 1.07 bits per heavy atom. The highest BCUT2D eigenvalue weighted by molar-refractivity contribution is 7.92. The molecule has 0 aliphatic carbocycles. The fourth-order valence-corrected chi connectivity index (χ4v) is 4.43. The van der Waals surface area contributed by atoms with Gasteiger partial charge >= 0.3 is 0 Å². The second-order valence-electron chi connectivity index (χ2n) is 8.04. The Bertz CT molecular complexity index is 938. The van der Waals surface area contributed by atoms with Crippen LogP contribution in [0.15, 0.2) is 48.5 Å². The van der Waals surface area contributed by atoms with Crippen LogP contribution in [0, 0.1) is 13.8 Å². The largest absolute Gasteiger partial charge is 0.349 e. The molecule has 0 aliphatic rings. The first-order chi connectivity index (χ1) is 12.9. The van der Waals surface area contributed by atoms with Gasteiger partial charge in [0.15, 0.2) is 0 Å². The van der Waals surface area contributed by atoms with E-state index in [2.05, 4.69) is 5.32 Å². The SMILES string of the molecule is Cc1ccc(N([C@@H](C)C(=O)NC(C)(C)Cc2ccccc2)S(C)(=O)=O)cc1C. The van der Waals surface area contributed by atoms with Crippen LogP contribution in [0.3, 0.4) is 0 Å². The van der Waals surface area contributed by atoms with E-state index in [4.69, 9.17) is 0 Å². The number of sulfonamides is 1. The third kappa shape index (κ3) is 5.58. The molecule has 5 nitrogen and oxygen atoms in total. The van der Waals surface area contributed by atoms with E-state index in [-0.39, 0.29) is 5.91 Å². The minimum Gasteiger partial charge on any atom is -0.349 e. The van der Waals surface area contributed by atoms with Crippen molar-refractivity contribution in [3.8, 4) is 0 Å². The number of amides is 1. The molecule has 28 heavy (non-hydrogen) atoms. The molecule has 0 aromatic heterocycles. The molecule has 2 rings (SSSR count). The Kier molecular flexibility index (Phi) is 6.55. The molecule has 152 valence electrons. The fourth-order valence-electron chi connectivity index (χ4n) is 3.26. The van der Waals surface area contributed by atoms with Crippen LogP contribution in [0.1, 0.15) is 37.5 Å². The summed E-state index contributed by atoms with van der Waals surface area (Å²) >= 11 is 0. The van der Waals surface area contributed by atoms with Crippen LogP contribution in [0.2, 0.25) is 0 Å². The second-order valence-corrected chi connectivity index (χ2v) is 9.90. The quantitative estimate of drug-likeness (QED) is 0.770. The van der Waals surface area contributed by atoms with Crippen molar-refractivity contribution >= 4 is 21.6 Å². The molecule has 0 radical (unpaired) electrons. The van der Waals surface area contributed by atoms with Gasteiger partial charge in [-0.1, -0.05) is 36.4 Å². The average molecular weight is 403 g/mol. The Hall–Kier alpha value is -2.34. The lowest BCUT2D eigenvalue weighted by atomic mass is 9.94. The third-order valence-corrected chi connectivity index (χ3v) is 6.03. The summed E-state index contributed by atoms with van der Waals surface area (Å²) in [6.07, 6.45) is 1.77. The molecule has 0 aliphatic heterocycles. The van der Waals surface area contributed by atoms with Gasteiger partial charge in [-0.25, -0.2) is 8.42 Å². The molecule has 6 heteroatoms. The summed E-state index contributed by atoms with van der Waals surface area (Å²) in [4.78, 5) is 12.9. The van der Waals surface area contributed by atoms with Gasteiger partial charge in [-0.05, 0) is 69.9 Å². The Morgan fingerprint density at radius 2 is 1.68 bits per heavy atom. The molecule has 0 saturated carbocycles. The van der Waals surface area contributed by atoms with E-state index in [0.717, 1.165) is 22.9 Å². The molecule has 0 heterocycles. The van der Waals surface area contributed by atoms with Crippen molar-refractivity contribution in [3.05, 3.63) is 65.2 Å². The first-order valence-electron chi connectivity index (χ1n) is 9.33. The number of rotatable bonds is 7. The Labute approximate surface area is 168 Å². The minimum absolute atomic E-state index is 0.329. The zero-order valence-electron chi connectivity index (χ0n) is 17.5. The number of nitrogens with one attached hydrogen (secondary N) is 1. The monoisotopic (exact) mass is 402 g/mol. The highest BCUT2D eigenvalue weighted by Gasteiger charge is 2.32. The topological polar surface area (TPSA) is 66.5 Å². The predicted octanol–water partition coefficient (Wildman–Crippen LogP) is 3.60. The van der Waals surface area contributed by atoms with Gasteiger partial charge in [-0.3, -0.25) is 9.10 Å². The molecule has 0 saturated heterocycles. The number of hydrogen-bond donors (Lipinski definition) is 1. The smallest absolute Gasteiger partial charge is 0.244 e. The molecule has 0 fully saturated rings. The summed E-state index contributed by atoms with van der Waals surface area (Å²) in [5.41, 5.74) is 3.13.